The number of hydrogen-bond acceptors (Lipinski definition) is 7. The van der Waals surface area contributed by atoms with Crippen molar-refractivity contribution >= 4 is 27.5 Å². The third kappa shape index (κ3) is 5.75. The van der Waals surface area contributed by atoms with E-state index in [0.29, 0.717) is 58.9 Å². The molecule has 4 aromatic rings. The first-order valence-electron chi connectivity index (χ1n) is 19.1. The van der Waals surface area contributed by atoms with Crippen LogP contribution in [0.3, 0.4) is 0 Å². The van der Waals surface area contributed by atoms with Crippen LogP contribution in [0.2, 0.25) is 0 Å². The molecule has 5 atom stereocenters. The largest absolute Gasteiger partial charge is 0.461 e. The van der Waals surface area contributed by atoms with Gasteiger partial charge in [0.2, 0.25) is 5.82 Å². The van der Waals surface area contributed by atoms with E-state index < -0.39 is 67.0 Å². The van der Waals surface area contributed by atoms with Crippen LogP contribution in [0.1, 0.15) is 49.8 Å². The third-order valence-electron chi connectivity index (χ3n) is 13.1. The monoisotopic (exact) mass is 831 g/mol. The number of ether oxygens (including phenoxy) is 2. The predicted molar refractivity (Wildman–Crippen MR) is 187 cm³/mol. The quantitative estimate of drug-likeness (QED) is 0.159. The van der Waals surface area contributed by atoms with Gasteiger partial charge in [-0.3, -0.25) is 4.90 Å². The number of benzene rings is 2. The zero-order valence-electron chi connectivity index (χ0n) is 31.2. The fraction of sp³-hybridized carbons (Fsp3) is 0.564. The first kappa shape index (κ1) is 39.4. The lowest BCUT2D eigenvalue weighted by Crippen LogP contribution is -2.68. The molecule has 1 N–H and O–H groups in total. The summed E-state index contributed by atoms with van der Waals surface area (Å²) in [7, 11) is 1.74. The number of pyridine rings is 1. The maximum absolute atomic E-state index is 17.5. The van der Waals surface area contributed by atoms with Crippen molar-refractivity contribution in [3.8, 4) is 17.3 Å². The molecular formula is C39H38F11N6O2+. The highest BCUT2D eigenvalue weighted by Gasteiger charge is 2.86. The first-order valence-corrected chi connectivity index (χ1v) is 19.1. The minimum Gasteiger partial charge on any atom is -0.461 e. The van der Waals surface area contributed by atoms with Crippen LogP contribution in [0.4, 0.5) is 54.1 Å². The Kier molecular flexibility index (Phi) is 8.96. The molecule has 9 rings (SSSR count). The maximum atomic E-state index is 17.5. The number of halogens is 11. The Morgan fingerprint density at radius 3 is 2.38 bits per heavy atom. The van der Waals surface area contributed by atoms with E-state index >= 15 is 8.78 Å². The van der Waals surface area contributed by atoms with E-state index in [1.165, 1.54) is 11.0 Å². The molecule has 19 heteroatoms. The maximum Gasteiger partial charge on any atom is 0.435 e. The number of hydrogen-bond donors (Lipinski definition) is 1. The lowest BCUT2D eigenvalue weighted by Gasteiger charge is -2.41. The molecule has 2 aromatic carbocycles. The van der Waals surface area contributed by atoms with Crippen LogP contribution < -0.4 is 19.5 Å². The zero-order valence-corrected chi connectivity index (χ0v) is 31.2. The zero-order chi connectivity index (χ0) is 41.3. The summed E-state index contributed by atoms with van der Waals surface area (Å²) in [5, 5.41) is 5.30. The molecule has 5 aliphatic heterocycles. The minimum atomic E-state index is -6.86. The standard InChI is InChI=1S/C39H38F11N6O2/c1-19-24(40)9-7-20-5-3-6-23(28(19)20)32-30(41)31-29-27(54(32)2)12-11-26-25-10-8-21(51-25)16-56(26)33(29)53-34(52-31)57-18-35-13-4-14-55(35)17-22(15-35)58-36(37(42,43)44,38(45,46)47)39(48,49)50/h3,5-7,9,21-22,25-26,51H,4,8,10-18H2,1-2H3/q+1/t21-,22+,25+,26-,35-/m1/s1. The van der Waals surface area contributed by atoms with E-state index in [1.54, 1.807) is 42.8 Å². The van der Waals surface area contributed by atoms with Gasteiger partial charge in [0.25, 0.3) is 5.69 Å². The van der Waals surface area contributed by atoms with Gasteiger partial charge in [0.15, 0.2) is 11.5 Å². The van der Waals surface area contributed by atoms with E-state index in [0.717, 1.165) is 18.5 Å². The van der Waals surface area contributed by atoms with Gasteiger partial charge in [-0.15, -0.1) is 0 Å². The molecule has 2 aromatic heterocycles. The molecule has 58 heavy (non-hydrogen) atoms. The summed E-state index contributed by atoms with van der Waals surface area (Å²) in [6, 6.07) is 8.06. The molecule has 4 fully saturated rings. The summed E-state index contributed by atoms with van der Waals surface area (Å²) in [6.07, 6.45) is -19.8. The van der Waals surface area contributed by atoms with Crippen LogP contribution >= 0.6 is 0 Å². The number of aromatic nitrogens is 3. The van der Waals surface area contributed by atoms with Crippen LogP contribution in [0.25, 0.3) is 32.9 Å². The molecule has 0 unspecified atom stereocenters. The Morgan fingerprint density at radius 1 is 0.914 bits per heavy atom. The van der Waals surface area contributed by atoms with Crippen LogP contribution in [-0.4, -0.2) is 95.0 Å². The number of nitrogens with zero attached hydrogens (tertiary/aromatic N) is 5. The molecule has 4 saturated heterocycles. The fourth-order valence-corrected chi connectivity index (χ4v) is 10.5. The van der Waals surface area contributed by atoms with Gasteiger partial charge in [-0.05, 0) is 75.1 Å². The molecule has 2 bridgehead atoms. The van der Waals surface area contributed by atoms with Crippen molar-refractivity contribution in [2.75, 3.05) is 31.1 Å². The van der Waals surface area contributed by atoms with Crippen LogP contribution in [0, 0.1) is 18.6 Å². The Hall–Kier alpha value is -4.10. The summed E-state index contributed by atoms with van der Waals surface area (Å²) >= 11 is 0. The lowest BCUT2D eigenvalue weighted by atomic mass is 9.93. The molecule has 7 heterocycles. The highest BCUT2D eigenvalue weighted by Crippen LogP contribution is 2.57. The SMILES string of the molecule is Cc1c(F)ccc2cccc(-c3c(F)c4nc(OC[C@]56CCCN5C[C@@H](OC(C(F)(F)F)(C(F)(F)F)C(F)(F)F)C6)nc5c4c([n+]3C)CC[C@@H]3[C@@H]4CC[C@H](CN53)N4)c12. The van der Waals surface area contributed by atoms with Crippen molar-refractivity contribution in [2.24, 2.45) is 7.05 Å². The molecule has 0 aliphatic carbocycles. The Bertz CT molecular complexity index is 2280. The Balaban J connectivity index is 1.14. The first-order chi connectivity index (χ1) is 27.2. The number of piperazine rings is 1. The van der Waals surface area contributed by atoms with E-state index in [9.17, 15) is 39.5 Å². The number of aryl methyl sites for hydroxylation is 2. The van der Waals surface area contributed by atoms with Crippen molar-refractivity contribution in [3.05, 3.63) is 53.2 Å². The minimum absolute atomic E-state index is 0.0506. The van der Waals surface area contributed by atoms with E-state index in [-0.39, 0.29) is 48.3 Å². The van der Waals surface area contributed by atoms with Gasteiger partial charge in [0.05, 0.1) is 17.2 Å². The summed E-state index contributed by atoms with van der Waals surface area (Å²) in [5.41, 5.74) is -6.23. The number of alkyl halides is 9. The van der Waals surface area contributed by atoms with Crippen LogP contribution in [0.15, 0.2) is 30.3 Å². The molecule has 0 radical (unpaired) electrons. The molecule has 0 amide bonds. The van der Waals surface area contributed by atoms with E-state index in [4.69, 9.17) is 9.72 Å². The third-order valence-corrected chi connectivity index (χ3v) is 13.1. The summed E-state index contributed by atoms with van der Waals surface area (Å²) in [4.78, 5) is 13.0. The molecule has 0 saturated carbocycles. The topological polar surface area (TPSA) is 66.6 Å². The normalized spacial score (nSPS) is 26.4. The van der Waals surface area contributed by atoms with E-state index in [2.05, 4.69) is 19.9 Å². The summed E-state index contributed by atoms with van der Waals surface area (Å²) in [5.74, 6) is -0.821. The highest BCUT2D eigenvalue weighted by molar-refractivity contribution is 6.00. The molecular weight excluding hydrogens is 793 g/mol. The van der Waals surface area contributed by atoms with Gasteiger partial charge in [0, 0.05) is 43.0 Å². The smallest absolute Gasteiger partial charge is 0.435 e. The highest BCUT2D eigenvalue weighted by atomic mass is 19.4. The van der Waals surface area contributed by atoms with Crippen LogP contribution in [-0.2, 0) is 18.2 Å². The number of nitrogens with one attached hydrogen (secondary N) is 1. The Morgan fingerprint density at radius 2 is 1.66 bits per heavy atom. The number of anilines is 1. The van der Waals surface area contributed by atoms with Gasteiger partial charge in [-0.25, -0.2) is 4.39 Å². The average molecular weight is 832 g/mol. The summed E-state index contributed by atoms with van der Waals surface area (Å²) in [6.45, 7) is 1.22. The van der Waals surface area contributed by atoms with Gasteiger partial charge in [-0.1, -0.05) is 18.2 Å². The van der Waals surface area contributed by atoms with Crippen molar-refractivity contribution in [2.45, 2.75) is 106 Å². The van der Waals surface area contributed by atoms with Crippen molar-refractivity contribution < 1.29 is 62.3 Å². The predicted octanol–water partition coefficient (Wildman–Crippen LogP) is 7.54. The fourth-order valence-electron chi connectivity index (χ4n) is 10.5. The van der Waals surface area contributed by atoms with Gasteiger partial charge < -0.3 is 19.7 Å². The lowest BCUT2D eigenvalue weighted by molar-refractivity contribution is -0.667. The second-order valence-corrected chi connectivity index (χ2v) is 16.3. The second kappa shape index (κ2) is 13.2. The molecule has 8 nitrogen and oxygen atoms in total. The van der Waals surface area contributed by atoms with E-state index in [1.807, 2.05) is 0 Å². The van der Waals surface area contributed by atoms with Crippen molar-refractivity contribution in [1.82, 2.24) is 20.2 Å². The number of fused-ring (bicyclic) bond motifs is 7. The van der Waals surface area contributed by atoms with Crippen LogP contribution in [0.5, 0.6) is 6.01 Å². The van der Waals surface area contributed by atoms with Gasteiger partial charge >= 0.3 is 30.1 Å². The van der Waals surface area contributed by atoms with Crippen molar-refractivity contribution in [3.63, 3.8) is 0 Å². The molecule has 0 spiro atoms. The average Bonchev–Trinajstić information content (AvgIpc) is 3.78. The Labute approximate surface area is 324 Å². The van der Waals surface area contributed by atoms with Crippen molar-refractivity contribution in [1.29, 1.82) is 0 Å². The van der Waals surface area contributed by atoms with Gasteiger partial charge in [-0.2, -0.15) is 58.4 Å². The van der Waals surface area contributed by atoms with Gasteiger partial charge in [0.1, 0.15) is 30.4 Å². The molecule has 5 aliphatic rings. The second-order valence-electron chi connectivity index (χ2n) is 16.3. The summed E-state index contributed by atoms with van der Waals surface area (Å²) < 4.78 is 169. The number of rotatable bonds is 6. The molecule has 312 valence electrons.